The summed E-state index contributed by atoms with van der Waals surface area (Å²) in [7, 11) is 1.90. The minimum atomic E-state index is 0.0247. The average molecular weight is 264 g/mol. The van der Waals surface area contributed by atoms with Crippen molar-refractivity contribution < 1.29 is 4.79 Å². The minimum Gasteiger partial charge on any atom is -0.344 e. The number of nitrogens with one attached hydrogen (secondary N) is 1. The average Bonchev–Trinajstić information content (AvgIpc) is 2.93. The number of benzene rings is 1. The van der Waals surface area contributed by atoms with Gasteiger partial charge in [-0.2, -0.15) is 0 Å². The number of carbonyl (C=O) groups excluding carboxylic acids is 1. The maximum atomic E-state index is 12.0. The van der Waals surface area contributed by atoms with Gasteiger partial charge < -0.3 is 4.90 Å². The van der Waals surface area contributed by atoms with E-state index in [0.717, 1.165) is 31.0 Å². The van der Waals surface area contributed by atoms with Crippen molar-refractivity contribution in [3.63, 3.8) is 0 Å². The van der Waals surface area contributed by atoms with Crippen molar-refractivity contribution in [2.75, 3.05) is 25.2 Å². The summed E-state index contributed by atoms with van der Waals surface area (Å²) in [6, 6.07) is 10.4. The van der Waals surface area contributed by atoms with Gasteiger partial charge in [-0.3, -0.25) is 10.1 Å². The smallest absolute Gasteiger partial charge is 0.240 e. The molecular formula is C14H20N2OS. The SMILES string of the molecule is CN(CCCc1ccccc1)C(=O)C1CSCN1. The highest BCUT2D eigenvalue weighted by Gasteiger charge is 2.24. The molecule has 0 aromatic heterocycles. The Hall–Kier alpha value is -1.00. The molecule has 1 aliphatic rings. The van der Waals surface area contributed by atoms with E-state index in [1.54, 1.807) is 11.8 Å². The van der Waals surface area contributed by atoms with Gasteiger partial charge in [-0.15, -0.1) is 11.8 Å². The third-order valence-electron chi connectivity index (χ3n) is 3.19. The number of likely N-dealkylation sites (N-methyl/N-ethyl adjacent to an activating group) is 1. The van der Waals surface area contributed by atoms with Crippen LogP contribution >= 0.6 is 11.8 Å². The first-order valence-corrected chi connectivity index (χ1v) is 7.53. The van der Waals surface area contributed by atoms with Crippen molar-refractivity contribution in [3.8, 4) is 0 Å². The van der Waals surface area contributed by atoms with Crippen molar-refractivity contribution >= 4 is 17.7 Å². The van der Waals surface area contributed by atoms with Crippen LogP contribution in [0.4, 0.5) is 0 Å². The minimum absolute atomic E-state index is 0.0247. The van der Waals surface area contributed by atoms with Crippen LogP contribution in [-0.2, 0) is 11.2 Å². The van der Waals surface area contributed by atoms with Gasteiger partial charge in [0.05, 0.1) is 6.04 Å². The van der Waals surface area contributed by atoms with Crippen LogP contribution < -0.4 is 5.32 Å². The fourth-order valence-corrected chi connectivity index (χ4v) is 3.03. The van der Waals surface area contributed by atoms with Gasteiger partial charge in [0.25, 0.3) is 0 Å². The van der Waals surface area contributed by atoms with Crippen molar-refractivity contribution in [1.29, 1.82) is 0 Å². The Kier molecular flexibility index (Phi) is 5.08. The van der Waals surface area contributed by atoms with Crippen molar-refractivity contribution in [2.45, 2.75) is 18.9 Å². The summed E-state index contributed by atoms with van der Waals surface area (Å²) >= 11 is 1.79. The first-order chi connectivity index (χ1) is 8.77. The van der Waals surface area contributed by atoms with Gasteiger partial charge in [0, 0.05) is 25.2 Å². The lowest BCUT2D eigenvalue weighted by Gasteiger charge is -2.20. The fourth-order valence-electron chi connectivity index (χ4n) is 2.10. The molecule has 0 bridgehead atoms. The first-order valence-electron chi connectivity index (χ1n) is 6.37. The molecule has 4 heteroatoms. The van der Waals surface area contributed by atoms with Crippen LogP contribution in [0.1, 0.15) is 12.0 Å². The lowest BCUT2D eigenvalue weighted by Crippen LogP contribution is -2.43. The zero-order valence-corrected chi connectivity index (χ0v) is 11.6. The van der Waals surface area contributed by atoms with E-state index >= 15 is 0 Å². The number of rotatable bonds is 5. The summed E-state index contributed by atoms with van der Waals surface area (Å²) in [5.41, 5.74) is 1.34. The molecule has 2 rings (SSSR count). The number of hydrogen-bond donors (Lipinski definition) is 1. The highest BCUT2D eigenvalue weighted by molar-refractivity contribution is 7.99. The third-order valence-corrected chi connectivity index (χ3v) is 4.13. The number of thioether (sulfide) groups is 1. The quantitative estimate of drug-likeness (QED) is 0.879. The van der Waals surface area contributed by atoms with Gasteiger partial charge in [-0.25, -0.2) is 0 Å². The van der Waals surface area contributed by atoms with Crippen LogP contribution in [0, 0.1) is 0 Å². The number of aryl methyl sites for hydroxylation is 1. The molecule has 1 amide bonds. The van der Waals surface area contributed by atoms with E-state index in [1.807, 2.05) is 18.0 Å². The van der Waals surface area contributed by atoms with Gasteiger partial charge in [0.1, 0.15) is 0 Å². The number of nitrogens with zero attached hydrogens (tertiary/aromatic N) is 1. The Morgan fingerprint density at radius 1 is 1.44 bits per heavy atom. The second-order valence-electron chi connectivity index (χ2n) is 4.62. The van der Waals surface area contributed by atoms with Crippen LogP contribution in [0.25, 0.3) is 0 Å². The highest BCUT2D eigenvalue weighted by Crippen LogP contribution is 2.12. The maximum Gasteiger partial charge on any atom is 0.240 e. The summed E-state index contributed by atoms with van der Waals surface area (Å²) in [4.78, 5) is 13.9. The maximum absolute atomic E-state index is 12.0. The van der Waals surface area contributed by atoms with Gasteiger partial charge >= 0.3 is 0 Å². The molecule has 18 heavy (non-hydrogen) atoms. The third kappa shape index (κ3) is 3.75. The molecule has 1 aromatic rings. The second kappa shape index (κ2) is 6.81. The Labute approximate surface area is 113 Å². The van der Waals surface area contributed by atoms with Gasteiger partial charge in [0.2, 0.25) is 5.91 Å². The van der Waals surface area contributed by atoms with Gasteiger partial charge in [0.15, 0.2) is 0 Å². The second-order valence-corrected chi connectivity index (χ2v) is 5.65. The van der Waals surface area contributed by atoms with E-state index in [1.165, 1.54) is 5.56 Å². The molecule has 0 saturated carbocycles. The molecule has 1 N–H and O–H groups in total. The van der Waals surface area contributed by atoms with Crippen molar-refractivity contribution in [1.82, 2.24) is 10.2 Å². The van der Waals surface area contributed by atoms with Crippen molar-refractivity contribution in [2.24, 2.45) is 0 Å². The zero-order chi connectivity index (χ0) is 12.8. The van der Waals surface area contributed by atoms with Gasteiger partial charge in [-0.1, -0.05) is 30.3 Å². The van der Waals surface area contributed by atoms with E-state index in [2.05, 4.69) is 29.6 Å². The molecule has 0 spiro atoms. The largest absolute Gasteiger partial charge is 0.344 e. The number of amides is 1. The summed E-state index contributed by atoms with van der Waals surface area (Å²) in [6.45, 7) is 0.830. The lowest BCUT2D eigenvalue weighted by atomic mass is 10.1. The Morgan fingerprint density at radius 2 is 2.22 bits per heavy atom. The molecule has 1 heterocycles. The normalized spacial score (nSPS) is 18.8. The van der Waals surface area contributed by atoms with E-state index < -0.39 is 0 Å². The molecule has 1 saturated heterocycles. The van der Waals surface area contributed by atoms with E-state index in [-0.39, 0.29) is 11.9 Å². The number of hydrogen-bond acceptors (Lipinski definition) is 3. The molecule has 98 valence electrons. The molecule has 1 aliphatic heterocycles. The molecule has 1 unspecified atom stereocenters. The van der Waals surface area contributed by atoms with E-state index in [9.17, 15) is 4.79 Å². The topological polar surface area (TPSA) is 32.3 Å². The van der Waals surface area contributed by atoms with Crippen molar-refractivity contribution in [3.05, 3.63) is 35.9 Å². The molecule has 0 radical (unpaired) electrons. The van der Waals surface area contributed by atoms with Crippen LogP contribution in [-0.4, -0.2) is 42.1 Å². The zero-order valence-electron chi connectivity index (χ0n) is 10.8. The first kappa shape index (κ1) is 13.4. The summed E-state index contributed by atoms with van der Waals surface area (Å²) in [5, 5.41) is 3.22. The summed E-state index contributed by atoms with van der Waals surface area (Å²) in [6.07, 6.45) is 2.05. The van der Waals surface area contributed by atoms with Gasteiger partial charge in [-0.05, 0) is 18.4 Å². The predicted octanol–water partition coefficient (Wildman–Crippen LogP) is 1.74. The van der Waals surface area contributed by atoms with E-state index in [0.29, 0.717) is 0 Å². The summed E-state index contributed by atoms with van der Waals surface area (Å²) in [5.74, 6) is 2.03. The Morgan fingerprint density at radius 3 is 2.89 bits per heavy atom. The highest BCUT2D eigenvalue weighted by atomic mass is 32.2. The van der Waals surface area contributed by atoms with Crippen LogP contribution in [0.15, 0.2) is 30.3 Å². The van der Waals surface area contributed by atoms with Crippen LogP contribution in [0.5, 0.6) is 0 Å². The standard InChI is InChI=1S/C14H20N2OS/c1-16(14(17)13-10-18-11-15-13)9-5-8-12-6-3-2-4-7-12/h2-4,6-7,13,15H,5,8-11H2,1H3. The Bertz CT molecular complexity index is 377. The molecular weight excluding hydrogens is 244 g/mol. The van der Waals surface area contributed by atoms with Crippen LogP contribution in [0.3, 0.4) is 0 Å². The van der Waals surface area contributed by atoms with Crippen LogP contribution in [0.2, 0.25) is 0 Å². The molecule has 1 atom stereocenters. The lowest BCUT2D eigenvalue weighted by molar-refractivity contribution is -0.131. The fraction of sp³-hybridized carbons (Fsp3) is 0.500. The monoisotopic (exact) mass is 264 g/mol. The Balaban J connectivity index is 1.71. The number of carbonyl (C=O) groups is 1. The molecule has 3 nitrogen and oxygen atoms in total. The molecule has 1 fully saturated rings. The summed E-state index contributed by atoms with van der Waals surface area (Å²) < 4.78 is 0. The predicted molar refractivity (Wildman–Crippen MR) is 76.6 cm³/mol. The molecule has 1 aromatic carbocycles. The molecule has 0 aliphatic carbocycles. The van der Waals surface area contributed by atoms with E-state index in [4.69, 9.17) is 0 Å².